The smallest absolute Gasteiger partial charge is 0.241 e. The molecule has 3 aromatic rings. The molecule has 1 aromatic heterocycles. The van der Waals surface area contributed by atoms with Crippen LogP contribution in [-0.2, 0) is 0 Å². The molecule has 0 radical (unpaired) electrons. The number of fused-ring (bicyclic) bond motifs is 1. The highest BCUT2D eigenvalue weighted by Gasteiger charge is 2.24. The molecule has 0 spiro atoms. The minimum Gasteiger partial charge on any atom is -0.366 e. The first-order chi connectivity index (χ1) is 11.6. The summed E-state index contributed by atoms with van der Waals surface area (Å²) in [5.41, 5.74) is 8.75. The molecular formula is C17H13Cl2N5. The van der Waals surface area contributed by atoms with Gasteiger partial charge in [-0.15, -0.1) is 5.10 Å². The first kappa shape index (κ1) is 15.1. The molecule has 24 heavy (non-hydrogen) atoms. The first-order valence-electron chi connectivity index (χ1n) is 7.32. The maximum absolute atomic E-state index is 6.00. The summed E-state index contributed by atoms with van der Waals surface area (Å²) in [7, 11) is 0. The van der Waals surface area contributed by atoms with Gasteiger partial charge in [-0.3, -0.25) is 0 Å². The molecule has 1 aliphatic heterocycles. The van der Waals surface area contributed by atoms with E-state index in [0.717, 1.165) is 16.8 Å². The predicted octanol–water partition coefficient (Wildman–Crippen LogP) is 4.22. The molecule has 0 fully saturated rings. The summed E-state index contributed by atoms with van der Waals surface area (Å²) in [5.74, 6) is 0.821. The van der Waals surface area contributed by atoms with E-state index in [2.05, 4.69) is 21.5 Å². The quantitative estimate of drug-likeness (QED) is 0.720. The number of hydrogen-bond donors (Lipinski definition) is 2. The van der Waals surface area contributed by atoms with Crippen molar-refractivity contribution in [2.45, 2.75) is 6.04 Å². The van der Waals surface area contributed by atoms with Gasteiger partial charge in [-0.2, -0.15) is 4.98 Å². The lowest BCUT2D eigenvalue weighted by Crippen LogP contribution is -2.20. The van der Waals surface area contributed by atoms with Gasteiger partial charge in [0.05, 0.1) is 0 Å². The Morgan fingerprint density at radius 3 is 2.25 bits per heavy atom. The zero-order chi connectivity index (χ0) is 16.7. The van der Waals surface area contributed by atoms with Gasteiger partial charge in [0.1, 0.15) is 6.04 Å². The van der Waals surface area contributed by atoms with Crippen molar-refractivity contribution in [1.82, 2.24) is 14.8 Å². The fraction of sp³-hybridized carbons (Fsp3) is 0.0588. The second kappa shape index (κ2) is 5.85. The Balaban J connectivity index is 1.82. The summed E-state index contributed by atoms with van der Waals surface area (Å²) >= 11 is 12.0. The van der Waals surface area contributed by atoms with Crippen molar-refractivity contribution in [3.05, 3.63) is 75.8 Å². The van der Waals surface area contributed by atoms with Crippen LogP contribution in [0.25, 0.3) is 5.70 Å². The lowest BCUT2D eigenvalue weighted by Gasteiger charge is -2.24. The molecule has 2 aromatic carbocycles. The van der Waals surface area contributed by atoms with Crippen LogP contribution < -0.4 is 11.1 Å². The highest BCUT2D eigenvalue weighted by molar-refractivity contribution is 6.30. The van der Waals surface area contributed by atoms with Crippen molar-refractivity contribution in [2.75, 3.05) is 11.1 Å². The van der Waals surface area contributed by atoms with Gasteiger partial charge in [-0.25, -0.2) is 4.68 Å². The average Bonchev–Trinajstić information content (AvgIpc) is 2.95. The average molecular weight is 358 g/mol. The van der Waals surface area contributed by atoms with Crippen LogP contribution in [0.15, 0.2) is 54.6 Å². The lowest BCUT2D eigenvalue weighted by atomic mass is 10.0. The summed E-state index contributed by atoms with van der Waals surface area (Å²) in [6.07, 6.45) is 2.08. The predicted molar refractivity (Wildman–Crippen MR) is 97.1 cm³/mol. The van der Waals surface area contributed by atoms with Gasteiger partial charge in [0.2, 0.25) is 11.9 Å². The van der Waals surface area contributed by atoms with E-state index in [-0.39, 0.29) is 12.0 Å². The Kier molecular flexibility index (Phi) is 3.67. The Morgan fingerprint density at radius 1 is 0.958 bits per heavy atom. The Hall–Kier alpha value is -2.50. The van der Waals surface area contributed by atoms with Gasteiger partial charge in [-0.1, -0.05) is 47.5 Å². The molecule has 0 saturated heterocycles. The van der Waals surface area contributed by atoms with E-state index < -0.39 is 0 Å². The Bertz CT molecular complexity index is 913. The minimum absolute atomic E-state index is 0.131. The standard InChI is InChI=1S/C17H13Cl2N5/c18-12-5-1-10(2-6-12)14-9-15(11-3-7-13(19)8-4-11)24-17(21-14)22-16(20)23-24/h1-9,15H,(H3,20,21,22,23). The van der Waals surface area contributed by atoms with Crippen LogP contribution in [-0.4, -0.2) is 14.8 Å². The van der Waals surface area contributed by atoms with Crippen LogP contribution in [0.4, 0.5) is 11.9 Å². The number of rotatable bonds is 2. The number of aromatic nitrogens is 3. The number of nitrogen functional groups attached to an aromatic ring is 1. The van der Waals surface area contributed by atoms with E-state index in [9.17, 15) is 0 Å². The second-order valence-electron chi connectivity index (χ2n) is 5.45. The Morgan fingerprint density at radius 2 is 1.58 bits per heavy atom. The molecule has 1 unspecified atom stereocenters. The number of allylic oxidation sites excluding steroid dienone is 1. The minimum atomic E-state index is -0.131. The summed E-state index contributed by atoms with van der Waals surface area (Å²) in [6.45, 7) is 0. The third-order valence-electron chi connectivity index (χ3n) is 3.85. The van der Waals surface area contributed by atoms with Crippen molar-refractivity contribution in [2.24, 2.45) is 0 Å². The van der Waals surface area contributed by atoms with Gasteiger partial charge >= 0.3 is 0 Å². The van der Waals surface area contributed by atoms with Crippen molar-refractivity contribution in [3.63, 3.8) is 0 Å². The van der Waals surface area contributed by atoms with E-state index in [4.69, 9.17) is 28.9 Å². The van der Waals surface area contributed by atoms with E-state index >= 15 is 0 Å². The number of nitrogens with two attached hydrogens (primary N) is 1. The van der Waals surface area contributed by atoms with Crippen LogP contribution in [0.1, 0.15) is 17.2 Å². The van der Waals surface area contributed by atoms with Gasteiger partial charge < -0.3 is 11.1 Å². The fourth-order valence-corrected chi connectivity index (χ4v) is 2.96. The van der Waals surface area contributed by atoms with Gasteiger partial charge in [0.15, 0.2) is 0 Å². The number of anilines is 2. The van der Waals surface area contributed by atoms with Crippen LogP contribution in [0.5, 0.6) is 0 Å². The maximum Gasteiger partial charge on any atom is 0.241 e. The van der Waals surface area contributed by atoms with Crippen molar-refractivity contribution in [1.29, 1.82) is 0 Å². The van der Waals surface area contributed by atoms with Gasteiger partial charge in [-0.05, 0) is 41.5 Å². The van der Waals surface area contributed by atoms with E-state index in [0.29, 0.717) is 16.0 Å². The highest BCUT2D eigenvalue weighted by atomic mass is 35.5. The van der Waals surface area contributed by atoms with Crippen molar-refractivity contribution >= 4 is 40.8 Å². The molecule has 1 aliphatic rings. The fourth-order valence-electron chi connectivity index (χ4n) is 2.70. The third kappa shape index (κ3) is 2.72. The zero-order valence-electron chi connectivity index (χ0n) is 12.4. The summed E-state index contributed by atoms with van der Waals surface area (Å²) in [5, 5.41) is 8.94. The number of nitrogens with zero attached hydrogens (tertiary/aromatic N) is 3. The van der Waals surface area contributed by atoms with Crippen molar-refractivity contribution < 1.29 is 0 Å². The zero-order valence-corrected chi connectivity index (χ0v) is 14.0. The first-order valence-corrected chi connectivity index (χ1v) is 8.08. The molecule has 5 nitrogen and oxygen atoms in total. The van der Waals surface area contributed by atoms with E-state index in [1.165, 1.54) is 0 Å². The highest BCUT2D eigenvalue weighted by Crippen LogP contribution is 2.33. The van der Waals surface area contributed by atoms with Crippen LogP contribution >= 0.6 is 23.2 Å². The summed E-state index contributed by atoms with van der Waals surface area (Å²) in [6, 6.07) is 15.1. The lowest BCUT2D eigenvalue weighted by molar-refractivity contribution is 0.614. The monoisotopic (exact) mass is 357 g/mol. The molecule has 1 atom stereocenters. The molecular weight excluding hydrogens is 345 g/mol. The second-order valence-corrected chi connectivity index (χ2v) is 6.32. The van der Waals surface area contributed by atoms with E-state index in [1.807, 2.05) is 48.5 Å². The SMILES string of the molecule is Nc1nc2n(n1)C(c1ccc(Cl)cc1)C=C(c1ccc(Cl)cc1)N2. The molecule has 0 saturated carbocycles. The van der Waals surface area contributed by atoms with Crippen LogP contribution in [0.3, 0.4) is 0 Å². The Labute approximate surface area is 148 Å². The summed E-state index contributed by atoms with van der Waals surface area (Å²) < 4.78 is 1.76. The molecule has 2 heterocycles. The molecule has 0 amide bonds. The summed E-state index contributed by atoms with van der Waals surface area (Å²) in [4.78, 5) is 4.26. The normalized spacial score (nSPS) is 16.2. The largest absolute Gasteiger partial charge is 0.366 e. The van der Waals surface area contributed by atoms with Crippen LogP contribution in [0.2, 0.25) is 10.0 Å². The molecule has 120 valence electrons. The van der Waals surface area contributed by atoms with Crippen molar-refractivity contribution in [3.8, 4) is 0 Å². The number of benzene rings is 2. The molecule has 0 bridgehead atoms. The molecule has 0 aliphatic carbocycles. The molecule has 3 N–H and O–H groups in total. The van der Waals surface area contributed by atoms with E-state index in [1.54, 1.807) is 4.68 Å². The third-order valence-corrected chi connectivity index (χ3v) is 4.35. The number of halogens is 2. The maximum atomic E-state index is 6.00. The topological polar surface area (TPSA) is 68.8 Å². The number of nitrogens with one attached hydrogen (secondary N) is 1. The molecule has 4 rings (SSSR count). The van der Waals surface area contributed by atoms with Gasteiger partial charge in [0, 0.05) is 15.7 Å². The van der Waals surface area contributed by atoms with Crippen LogP contribution in [0, 0.1) is 0 Å². The van der Waals surface area contributed by atoms with Gasteiger partial charge in [0.25, 0.3) is 0 Å². The number of hydrogen-bond acceptors (Lipinski definition) is 4. The molecule has 7 heteroatoms.